The first kappa shape index (κ1) is 21.0. The van der Waals surface area contributed by atoms with E-state index in [4.69, 9.17) is 23.8 Å². The minimum Gasteiger partial charge on any atom is -0.362 e. The predicted octanol–water partition coefficient (Wildman–Crippen LogP) is 5.15. The highest BCUT2D eigenvalue weighted by atomic mass is 35.5. The normalized spacial score (nSPS) is 10.9. The molecule has 0 aliphatic carbocycles. The molecule has 2 aromatic carbocycles. The lowest BCUT2D eigenvalue weighted by molar-refractivity contribution is 0.800. The summed E-state index contributed by atoms with van der Waals surface area (Å²) in [6.45, 7) is 1.73. The van der Waals surface area contributed by atoms with Crippen LogP contribution in [0, 0.1) is 0 Å². The van der Waals surface area contributed by atoms with Crippen LogP contribution in [0.4, 0.5) is 5.69 Å². The molecule has 4 nitrogen and oxygen atoms in total. The Morgan fingerprint density at radius 2 is 1.96 bits per heavy atom. The van der Waals surface area contributed by atoms with Gasteiger partial charge in [-0.3, -0.25) is 4.72 Å². The fraction of sp³-hybridized carbons (Fsp3) is 0.286. The van der Waals surface area contributed by atoms with Gasteiger partial charge in [-0.15, -0.1) is 0 Å². The third-order valence-electron chi connectivity index (χ3n) is 4.54. The van der Waals surface area contributed by atoms with Crippen molar-refractivity contribution in [1.82, 2.24) is 15.0 Å². The standard InChI is InChI=1S/C21H25ClN4S2/c1-28-25-11-4-5-15-13-17(22)8-9-19(15)26-21(27)23-12-10-16-14-24-20-7-3-2-6-18(16)20/h2-3,6-9,13-14,24-25H,4-5,10-12H2,1H3,(H2,23,26,27). The van der Waals surface area contributed by atoms with E-state index in [1.165, 1.54) is 22.0 Å². The molecule has 0 amide bonds. The minimum atomic E-state index is 0.630. The van der Waals surface area contributed by atoms with E-state index in [1.54, 1.807) is 11.9 Å². The van der Waals surface area contributed by atoms with E-state index in [0.717, 1.165) is 43.1 Å². The summed E-state index contributed by atoms with van der Waals surface area (Å²) in [7, 11) is 0. The molecule has 0 radical (unpaired) electrons. The van der Waals surface area contributed by atoms with Crippen molar-refractivity contribution in [2.45, 2.75) is 19.3 Å². The monoisotopic (exact) mass is 432 g/mol. The predicted molar refractivity (Wildman–Crippen MR) is 128 cm³/mol. The number of nitrogens with one attached hydrogen (secondary N) is 4. The number of fused-ring (bicyclic) bond motifs is 1. The number of hydrogen-bond acceptors (Lipinski definition) is 3. The molecule has 0 fully saturated rings. The Hall–Kier alpha value is -1.73. The molecule has 3 rings (SSSR count). The molecule has 3 aromatic rings. The van der Waals surface area contributed by atoms with Crippen LogP contribution in [0.1, 0.15) is 17.5 Å². The highest BCUT2D eigenvalue weighted by Gasteiger charge is 2.07. The number of anilines is 1. The molecule has 4 N–H and O–H groups in total. The van der Waals surface area contributed by atoms with Gasteiger partial charge < -0.3 is 15.6 Å². The number of thiocarbonyl (C=S) groups is 1. The van der Waals surface area contributed by atoms with Gasteiger partial charge in [0.2, 0.25) is 0 Å². The fourth-order valence-corrected chi connectivity index (χ4v) is 3.91. The summed E-state index contributed by atoms with van der Waals surface area (Å²) in [4.78, 5) is 3.31. The van der Waals surface area contributed by atoms with Crippen molar-refractivity contribution in [1.29, 1.82) is 0 Å². The van der Waals surface area contributed by atoms with Gasteiger partial charge in [0, 0.05) is 40.9 Å². The first-order valence-corrected chi connectivity index (χ1v) is 11.3. The average molecular weight is 433 g/mol. The third-order valence-corrected chi connectivity index (χ3v) is 5.51. The average Bonchev–Trinajstić information content (AvgIpc) is 3.10. The van der Waals surface area contributed by atoms with Crippen LogP contribution in [0.5, 0.6) is 0 Å². The Morgan fingerprint density at radius 1 is 1.11 bits per heavy atom. The second-order valence-corrected chi connectivity index (χ2v) is 8.04. The molecule has 1 aromatic heterocycles. The third kappa shape index (κ3) is 5.88. The Labute approximate surface area is 181 Å². The topological polar surface area (TPSA) is 51.9 Å². The van der Waals surface area contributed by atoms with Crippen molar-refractivity contribution in [3.05, 3.63) is 64.8 Å². The number of H-pyrrole nitrogens is 1. The maximum Gasteiger partial charge on any atom is 0.170 e. The van der Waals surface area contributed by atoms with Crippen LogP contribution in [-0.4, -0.2) is 29.4 Å². The molecule has 0 aliphatic rings. The highest BCUT2D eigenvalue weighted by molar-refractivity contribution is 7.96. The maximum atomic E-state index is 6.18. The van der Waals surface area contributed by atoms with Gasteiger partial charge in [-0.1, -0.05) is 41.7 Å². The number of halogens is 1. The van der Waals surface area contributed by atoms with Gasteiger partial charge in [-0.2, -0.15) is 0 Å². The van der Waals surface area contributed by atoms with Crippen molar-refractivity contribution in [2.75, 3.05) is 24.7 Å². The van der Waals surface area contributed by atoms with Crippen LogP contribution in [0.25, 0.3) is 10.9 Å². The molecule has 0 spiro atoms. The molecular formula is C21H25ClN4S2. The van der Waals surface area contributed by atoms with E-state index in [0.29, 0.717) is 5.11 Å². The van der Waals surface area contributed by atoms with Crippen LogP contribution in [-0.2, 0) is 12.8 Å². The van der Waals surface area contributed by atoms with Gasteiger partial charge in [-0.05, 0) is 73.1 Å². The van der Waals surface area contributed by atoms with E-state index in [9.17, 15) is 0 Å². The summed E-state index contributed by atoms with van der Waals surface area (Å²) < 4.78 is 3.27. The van der Waals surface area contributed by atoms with E-state index in [2.05, 4.69) is 44.7 Å². The lowest BCUT2D eigenvalue weighted by atomic mass is 10.1. The second-order valence-electron chi connectivity index (χ2n) is 6.49. The summed E-state index contributed by atoms with van der Waals surface area (Å²) in [5.74, 6) is 0. The zero-order valence-electron chi connectivity index (χ0n) is 15.8. The van der Waals surface area contributed by atoms with E-state index >= 15 is 0 Å². The quantitative estimate of drug-likeness (QED) is 0.214. The van der Waals surface area contributed by atoms with Crippen LogP contribution in [0.2, 0.25) is 5.02 Å². The number of benzene rings is 2. The van der Waals surface area contributed by atoms with Crippen LogP contribution >= 0.6 is 35.8 Å². The SMILES string of the molecule is CSNCCCc1cc(Cl)ccc1NC(=S)NCCc1c[nH]c2ccccc12. The van der Waals surface area contributed by atoms with Gasteiger partial charge in [0.25, 0.3) is 0 Å². The zero-order chi connectivity index (χ0) is 19.8. The Kier molecular flexibility index (Phi) is 8.03. The molecule has 0 unspecified atom stereocenters. The number of aromatic nitrogens is 1. The molecule has 148 valence electrons. The minimum absolute atomic E-state index is 0.630. The Morgan fingerprint density at radius 3 is 2.82 bits per heavy atom. The van der Waals surface area contributed by atoms with Crippen molar-refractivity contribution in [2.24, 2.45) is 0 Å². The molecule has 28 heavy (non-hydrogen) atoms. The molecule has 1 heterocycles. The largest absolute Gasteiger partial charge is 0.362 e. The molecule has 0 aliphatic heterocycles. The maximum absolute atomic E-state index is 6.18. The van der Waals surface area contributed by atoms with Gasteiger partial charge in [-0.25, -0.2) is 0 Å². The number of hydrogen-bond donors (Lipinski definition) is 4. The number of aryl methyl sites for hydroxylation is 1. The summed E-state index contributed by atoms with van der Waals surface area (Å²) in [6.07, 6.45) is 6.99. The Balaban J connectivity index is 1.52. The summed E-state index contributed by atoms with van der Waals surface area (Å²) >= 11 is 13.3. The Bertz CT molecular complexity index is 926. The highest BCUT2D eigenvalue weighted by Crippen LogP contribution is 2.22. The van der Waals surface area contributed by atoms with Gasteiger partial charge >= 0.3 is 0 Å². The van der Waals surface area contributed by atoms with Crippen molar-refractivity contribution < 1.29 is 0 Å². The summed E-state index contributed by atoms with van der Waals surface area (Å²) in [5, 5.41) is 9.28. The summed E-state index contributed by atoms with van der Waals surface area (Å²) in [5.41, 5.74) is 4.65. The molecule has 0 saturated carbocycles. The van der Waals surface area contributed by atoms with Crippen LogP contribution in [0.3, 0.4) is 0 Å². The van der Waals surface area contributed by atoms with Crippen LogP contribution < -0.4 is 15.4 Å². The number of para-hydroxylation sites is 1. The number of rotatable bonds is 9. The van der Waals surface area contributed by atoms with Crippen molar-refractivity contribution >= 4 is 57.5 Å². The summed E-state index contributed by atoms with van der Waals surface area (Å²) in [6, 6.07) is 14.2. The molecular weight excluding hydrogens is 408 g/mol. The molecule has 7 heteroatoms. The molecule has 0 bridgehead atoms. The first-order chi connectivity index (χ1) is 13.7. The first-order valence-electron chi connectivity index (χ1n) is 9.31. The van der Waals surface area contributed by atoms with Crippen LogP contribution in [0.15, 0.2) is 48.7 Å². The van der Waals surface area contributed by atoms with Gasteiger partial charge in [0.15, 0.2) is 5.11 Å². The molecule has 0 atom stereocenters. The molecule has 0 saturated heterocycles. The van der Waals surface area contributed by atoms with Gasteiger partial charge in [0.1, 0.15) is 0 Å². The number of aromatic amines is 1. The lowest BCUT2D eigenvalue weighted by Gasteiger charge is -2.15. The fourth-order valence-electron chi connectivity index (χ4n) is 3.16. The van der Waals surface area contributed by atoms with Gasteiger partial charge in [0.05, 0.1) is 0 Å². The van der Waals surface area contributed by atoms with Crippen molar-refractivity contribution in [3.63, 3.8) is 0 Å². The lowest BCUT2D eigenvalue weighted by Crippen LogP contribution is -2.30. The smallest absolute Gasteiger partial charge is 0.170 e. The van der Waals surface area contributed by atoms with E-state index in [-0.39, 0.29) is 0 Å². The van der Waals surface area contributed by atoms with E-state index in [1.807, 2.05) is 30.5 Å². The van der Waals surface area contributed by atoms with E-state index < -0.39 is 0 Å². The van der Waals surface area contributed by atoms with Crippen molar-refractivity contribution in [3.8, 4) is 0 Å². The zero-order valence-corrected chi connectivity index (χ0v) is 18.2. The second kappa shape index (κ2) is 10.7.